The van der Waals surface area contributed by atoms with Gasteiger partial charge in [-0.3, -0.25) is 0 Å². The van der Waals surface area contributed by atoms with Crippen molar-refractivity contribution in [2.75, 3.05) is 5.73 Å². The van der Waals surface area contributed by atoms with Crippen LogP contribution in [0, 0.1) is 12.8 Å². The second kappa shape index (κ2) is 5.51. The summed E-state index contributed by atoms with van der Waals surface area (Å²) in [5.74, 6) is 0.704. The maximum atomic E-state index is 12.4. The molecule has 0 heterocycles. The predicted molar refractivity (Wildman–Crippen MR) is 77.3 cm³/mol. The Bertz CT molecular complexity index is 547. The van der Waals surface area contributed by atoms with Crippen LogP contribution in [0.1, 0.15) is 38.2 Å². The second-order valence-corrected chi connectivity index (χ2v) is 7.23. The molecule has 3 N–H and O–H groups in total. The van der Waals surface area contributed by atoms with Crippen molar-refractivity contribution in [1.82, 2.24) is 4.72 Å². The van der Waals surface area contributed by atoms with E-state index in [0.29, 0.717) is 22.1 Å². The third kappa shape index (κ3) is 3.28. The monoisotopic (exact) mass is 282 g/mol. The van der Waals surface area contributed by atoms with E-state index in [1.165, 1.54) is 0 Å². The van der Waals surface area contributed by atoms with Crippen LogP contribution in [0.3, 0.4) is 0 Å². The molecule has 0 saturated heterocycles. The van der Waals surface area contributed by atoms with Gasteiger partial charge in [-0.05, 0) is 56.2 Å². The van der Waals surface area contributed by atoms with Crippen LogP contribution in [-0.2, 0) is 10.0 Å². The Morgan fingerprint density at radius 2 is 1.84 bits per heavy atom. The van der Waals surface area contributed by atoms with Crippen LogP contribution < -0.4 is 10.5 Å². The molecule has 0 radical (unpaired) electrons. The lowest BCUT2D eigenvalue weighted by molar-refractivity contribution is 0.332. The highest BCUT2D eigenvalue weighted by Crippen LogP contribution is 2.26. The zero-order valence-electron chi connectivity index (χ0n) is 11.5. The Morgan fingerprint density at radius 1 is 1.21 bits per heavy atom. The average molecular weight is 282 g/mol. The lowest BCUT2D eigenvalue weighted by Crippen LogP contribution is -2.37. The minimum absolute atomic E-state index is 0.0574. The number of nitrogens with two attached hydrogens (primary N) is 1. The Balaban J connectivity index is 2.16. The number of nitrogen functional groups attached to an aromatic ring is 1. The van der Waals surface area contributed by atoms with Crippen LogP contribution in [0.5, 0.6) is 0 Å². The minimum atomic E-state index is -3.46. The van der Waals surface area contributed by atoms with Crippen molar-refractivity contribution in [3.05, 3.63) is 23.8 Å². The van der Waals surface area contributed by atoms with Crippen molar-refractivity contribution in [2.24, 2.45) is 5.92 Å². The summed E-state index contributed by atoms with van der Waals surface area (Å²) in [6, 6.07) is 5.07. The molecule has 4 nitrogen and oxygen atoms in total. The summed E-state index contributed by atoms with van der Waals surface area (Å²) in [5.41, 5.74) is 6.91. The van der Waals surface area contributed by atoms with Crippen molar-refractivity contribution in [2.45, 2.75) is 50.5 Å². The topological polar surface area (TPSA) is 72.2 Å². The number of benzene rings is 1. The van der Waals surface area contributed by atoms with Crippen LogP contribution in [0.2, 0.25) is 0 Å². The molecule has 0 aromatic heterocycles. The largest absolute Gasteiger partial charge is 0.398 e. The summed E-state index contributed by atoms with van der Waals surface area (Å²) in [5, 5.41) is 0. The van der Waals surface area contributed by atoms with Crippen molar-refractivity contribution in [1.29, 1.82) is 0 Å². The molecule has 1 aromatic carbocycles. The third-order valence-corrected chi connectivity index (χ3v) is 5.62. The Kier molecular flexibility index (Phi) is 4.16. The van der Waals surface area contributed by atoms with Gasteiger partial charge in [-0.25, -0.2) is 13.1 Å². The van der Waals surface area contributed by atoms with E-state index < -0.39 is 10.0 Å². The van der Waals surface area contributed by atoms with E-state index in [0.717, 1.165) is 25.7 Å². The Morgan fingerprint density at radius 3 is 2.47 bits per heavy atom. The molecule has 106 valence electrons. The van der Waals surface area contributed by atoms with E-state index in [9.17, 15) is 8.42 Å². The molecular formula is C14H22N2O2S. The Hall–Kier alpha value is -1.07. The van der Waals surface area contributed by atoms with Crippen LogP contribution in [0.4, 0.5) is 5.69 Å². The molecule has 2 rings (SSSR count). The van der Waals surface area contributed by atoms with Gasteiger partial charge >= 0.3 is 0 Å². The van der Waals surface area contributed by atoms with E-state index in [1.807, 2.05) is 0 Å². The smallest absolute Gasteiger partial charge is 0.241 e. The normalized spacial score (nSPS) is 24.3. The van der Waals surface area contributed by atoms with Crippen LogP contribution >= 0.6 is 0 Å². The van der Waals surface area contributed by atoms with Gasteiger partial charge in [0.25, 0.3) is 0 Å². The second-order valence-electron chi connectivity index (χ2n) is 5.55. The standard InChI is InChI=1S/C14H22N2O2S/c1-10-6-8-12(9-7-10)16-19(17,18)14-5-3-4-13(15)11(14)2/h3-5,10,12,16H,6-9,15H2,1-2H3. The molecule has 19 heavy (non-hydrogen) atoms. The molecular weight excluding hydrogens is 260 g/mol. The summed E-state index contributed by atoms with van der Waals surface area (Å²) in [6.45, 7) is 3.96. The minimum Gasteiger partial charge on any atom is -0.398 e. The highest BCUT2D eigenvalue weighted by atomic mass is 32.2. The fourth-order valence-corrected chi connectivity index (χ4v) is 4.16. The van der Waals surface area contributed by atoms with Crippen molar-refractivity contribution in [3.63, 3.8) is 0 Å². The number of hydrogen-bond donors (Lipinski definition) is 2. The lowest BCUT2D eigenvalue weighted by Gasteiger charge is -2.27. The molecule has 5 heteroatoms. The summed E-state index contributed by atoms with van der Waals surface area (Å²) in [4.78, 5) is 0.297. The summed E-state index contributed by atoms with van der Waals surface area (Å²) < 4.78 is 27.6. The molecule has 1 aliphatic carbocycles. The van der Waals surface area contributed by atoms with E-state index in [-0.39, 0.29) is 6.04 Å². The van der Waals surface area contributed by atoms with Crippen LogP contribution in [0.15, 0.2) is 23.1 Å². The zero-order chi connectivity index (χ0) is 14.0. The zero-order valence-corrected chi connectivity index (χ0v) is 12.3. The first-order valence-corrected chi connectivity index (χ1v) is 8.26. The third-order valence-electron chi connectivity index (χ3n) is 3.95. The summed E-state index contributed by atoms with van der Waals surface area (Å²) >= 11 is 0. The van der Waals surface area contributed by atoms with E-state index >= 15 is 0 Å². The van der Waals surface area contributed by atoms with Gasteiger partial charge in [0.05, 0.1) is 4.90 Å². The molecule has 0 aliphatic heterocycles. The maximum Gasteiger partial charge on any atom is 0.241 e. The summed E-state index contributed by atoms with van der Waals surface area (Å²) in [6.07, 6.45) is 4.01. The highest BCUT2D eigenvalue weighted by molar-refractivity contribution is 7.89. The van der Waals surface area contributed by atoms with Gasteiger partial charge in [0.1, 0.15) is 0 Å². The molecule has 0 spiro atoms. The molecule has 0 bridgehead atoms. The molecule has 1 aliphatic rings. The number of nitrogens with one attached hydrogen (secondary N) is 1. The predicted octanol–water partition coefficient (Wildman–Crippen LogP) is 2.43. The fourth-order valence-electron chi connectivity index (χ4n) is 2.58. The highest BCUT2D eigenvalue weighted by Gasteiger charge is 2.25. The fraction of sp³-hybridized carbons (Fsp3) is 0.571. The number of sulfonamides is 1. The van der Waals surface area contributed by atoms with E-state index in [4.69, 9.17) is 5.73 Å². The molecule has 0 amide bonds. The first kappa shape index (κ1) is 14.3. The van der Waals surface area contributed by atoms with Gasteiger partial charge in [-0.15, -0.1) is 0 Å². The molecule has 1 saturated carbocycles. The SMILES string of the molecule is Cc1c(N)cccc1S(=O)(=O)NC1CCC(C)CC1. The number of anilines is 1. The quantitative estimate of drug-likeness (QED) is 0.836. The van der Waals surface area contributed by atoms with Gasteiger partial charge in [0.2, 0.25) is 10.0 Å². The molecule has 0 unspecified atom stereocenters. The van der Waals surface area contributed by atoms with Gasteiger partial charge in [0, 0.05) is 11.7 Å². The molecule has 1 aromatic rings. The maximum absolute atomic E-state index is 12.4. The van der Waals surface area contributed by atoms with Gasteiger partial charge in [0.15, 0.2) is 0 Å². The van der Waals surface area contributed by atoms with Crippen molar-refractivity contribution < 1.29 is 8.42 Å². The molecule has 1 fully saturated rings. The van der Waals surface area contributed by atoms with Crippen LogP contribution in [0.25, 0.3) is 0 Å². The number of rotatable bonds is 3. The van der Waals surface area contributed by atoms with E-state index in [2.05, 4.69) is 11.6 Å². The first-order valence-electron chi connectivity index (χ1n) is 6.77. The van der Waals surface area contributed by atoms with Gasteiger partial charge in [-0.1, -0.05) is 13.0 Å². The van der Waals surface area contributed by atoms with Crippen molar-refractivity contribution >= 4 is 15.7 Å². The van der Waals surface area contributed by atoms with Crippen molar-refractivity contribution in [3.8, 4) is 0 Å². The number of hydrogen-bond acceptors (Lipinski definition) is 3. The Labute approximate surface area is 115 Å². The summed E-state index contributed by atoms with van der Waals surface area (Å²) in [7, 11) is -3.46. The average Bonchev–Trinajstić information content (AvgIpc) is 2.35. The van der Waals surface area contributed by atoms with Crippen LogP contribution in [-0.4, -0.2) is 14.5 Å². The lowest BCUT2D eigenvalue weighted by atomic mass is 9.88. The van der Waals surface area contributed by atoms with E-state index in [1.54, 1.807) is 25.1 Å². The van der Waals surface area contributed by atoms with Gasteiger partial charge < -0.3 is 5.73 Å². The van der Waals surface area contributed by atoms with Gasteiger partial charge in [-0.2, -0.15) is 0 Å². The first-order chi connectivity index (χ1) is 8.90. The molecule has 0 atom stereocenters.